The lowest BCUT2D eigenvalue weighted by molar-refractivity contribution is 0.749. The van der Waals surface area contributed by atoms with Gasteiger partial charge >= 0.3 is 0 Å². The Hall–Kier alpha value is -3.39. The zero-order valence-electron chi connectivity index (χ0n) is 14.8. The molecule has 0 radical (unpaired) electrons. The molecular formula is C21H19N5. The summed E-state index contributed by atoms with van der Waals surface area (Å²) in [6.45, 7) is 4.18. The Kier molecular flexibility index (Phi) is 4.02. The van der Waals surface area contributed by atoms with E-state index in [1.54, 1.807) is 12.1 Å². The Morgan fingerprint density at radius 3 is 2.81 bits per heavy atom. The van der Waals surface area contributed by atoms with Crippen LogP contribution in [0.1, 0.15) is 23.7 Å². The van der Waals surface area contributed by atoms with E-state index in [2.05, 4.69) is 52.5 Å². The lowest BCUT2D eigenvalue weighted by Gasteiger charge is -2.24. The maximum Gasteiger partial charge on any atom is 0.229 e. The normalized spacial score (nSPS) is 15.4. The van der Waals surface area contributed by atoms with Gasteiger partial charge in [0.1, 0.15) is 5.82 Å². The fourth-order valence-corrected chi connectivity index (χ4v) is 3.44. The van der Waals surface area contributed by atoms with E-state index in [9.17, 15) is 0 Å². The average Bonchev–Trinajstić information content (AvgIpc) is 2.97. The molecule has 1 atom stereocenters. The van der Waals surface area contributed by atoms with Gasteiger partial charge in [0.15, 0.2) is 0 Å². The van der Waals surface area contributed by atoms with E-state index in [0.717, 1.165) is 23.6 Å². The first-order valence-corrected chi connectivity index (χ1v) is 8.64. The number of anilines is 4. The van der Waals surface area contributed by atoms with E-state index in [-0.39, 0.29) is 0 Å². The van der Waals surface area contributed by atoms with Gasteiger partial charge in [0.25, 0.3) is 0 Å². The third kappa shape index (κ3) is 2.98. The van der Waals surface area contributed by atoms with E-state index >= 15 is 0 Å². The van der Waals surface area contributed by atoms with Crippen molar-refractivity contribution in [3.05, 3.63) is 71.4 Å². The summed E-state index contributed by atoms with van der Waals surface area (Å²) in [6.07, 6.45) is 1.01. The Morgan fingerprint density at radius 2 is 1.96 bits per heavy atom. The van der Waals surface area contributed by atoms with Crippen molar-refractivity contribution in [2.24, 2.45) is 0 Å². The fraction of sp³-hybridized carbons (Fsp3) is 0.190. The lowest BCUT2D eigenvalue weighted by Crippen LogP contribution is -2.25. The maximum atomic E-state index is 9.07. The van der Waals surface area contributed by atoms with Crippen LogP contribution in [0, 0.1) is 18.3 Å². The number of para-hydroxylation sites is 1. The van der Waals surface area contributed by atoms with Crippen molar-refractivity contribution in [2.75, 3.05) is 10.2 Å². The zero-order chi connectivity index (χ0) is 18.1. The number of aromatic nitrogens is 2. The minimum Gasteiger partial charge on any atom is -0.324 e. The molecule has 0 saturated carbocycles. The average molecular weight is 341 g/mol. The van der Waals surface area contributed by atoms with Crippen LogP contribution in [-0.4, -0.2) is 16.0 Å². The number of rotatable bonds is 3. The molecule has 0 bridgehead atoms. The van der Waals surface area contributed by atoms with E-state index < -0.39 is 0 Å². The molecule has 5 nitrogen and oxygen atoms in total. The minimum atomic E-state index is 0.344. The fourth-order valence-electron chi connectivity index (χ4n) is 3.44. The second-order valence-corrected chi connectivity index (χ2v) is 6.56. The van der Waals surface area contributed by atoms with Gasteiger partial charge in [-0.25, -0.2) is 4.98 Å². The van der Waals surface area contributed by atoms with Crippen LogP contribution >= 0.6 is 0 Å². The highest BCUT2D eigenvalue weighted by atomic mass is 15.3. The number of hydrogen-bond donors (Lipinski definition) is 1. The van der Waals surface area contributed by atoms with Crippen molar-refractivity contribution in [3.63, 3.8) is 0 Å². The van der Waals surface area contributed by atoms with Gasteiger partial charge in [-0.2, -0.15) is 10.2 Å². The van der Waals surface area contributed by atoms with Crippen LogP contribution in [0.2, 0.25) is 0 Å². The molecule has 0 aliphatic carbocycles. The summed E-state index contributed by atoms with van der Waals surface area (Å²) in [6, 6.07) is 20.3. The number of nitriles is 1. The van der Waals surface area contributed by atoms with Crippen molar-refractivity contribution < 1.29 is 0 Å². The molecule has 2 heterocycles. The topological polar surface area (TPSA) is 64.8 Å². The molecule has 5 heteroatoms. The molecule has 4 rings (SSSR count). The first-order chi connectivity index (χ1) is 12.6. The van der Waals surface area contributed by atoms with Crippen molar-refractivity contribution in [3.8, 4) is 6.07 Å². The Bertz CT molecular complexity index is 1010. The van der Waals surface area contributed by atoms with E-state index in [4.69, 9.17) is 10.2 Å². The summed E-state index contributed by atoms with van der Waals surface area (Å²) in [5.74, 6) is 1.42. The third-order valence-electron chi connectivity index (χ3n) is 4.54. The molecular weight excluding hydrogens is 322 g/mol. The molecule has 0 amide bonds. The number of hydrogen-bond acceptors (Lipinski definition) is 5. The monoisotopic (exact) mass is 341 g/mol. The molecule has 0 saturated heterocycles. The number of nitrogens with zero attached hydrogens (tertiary/aromatic N) is 4. The van der Waals surface area contributed by atoms with Gasteiger partial charge in [-0.15, -0.1) is 0 Å². The van der Waals surface area contributed by atoms with Crippen molar-refractivity contribution in [2.45, 2.75) is 26.3 Å². The second-order valence-electron chi connectivity index (χ2n) is 6.56. The first kappa shape index (κ1) is 16.1. The number of aryl methyl sites for hydroxylation is 1. The van der Waals surface area contributed by atoms with Crippen LogP contribution in [0.5, 0.6) is 0 Å². The molecule has 26 heavy (non-hydrogen) atoms. The lowest BCUT2D eigenvalue weighted by atomic mass is 10.1. The second kappa shape index (κ2) is 6.49. The van der Waals surface area contributed by atoms with Crippen LogP contribution < -0.4 is 10.2 Å². The van der Waals surface area contributed by atoms with Gasteiger partial charge in [0.2, 0.25) is 5.95 Å². The summed E-state index contributed by atoms with van der Waals surface area (Å²) in [5.41, 5.74) is 4.84. The molecule has 128 valence electrons. The highest BCUT2D eigenvalue weighted by Gasteiger charge is 2.28. The quantitative estimate of drug-likeness (QED) is 0.761. The van der Waals surface area contributed by atoms with Crippen molar-refractivity contribution >= 4 is 23.1 Å². The number of fused-ring (bicyclic) bond motifs is 1. The molecule has 0 fully saturated rings. The predicted molar refractivity (Wildman–Crippen MR) is 103 cm³/mol. The van der Waals surface area contributed by atoms with E-state index in [0.29, 0.717) is 17.6 Å². The Morgan fingerprint density at radius 1 is 1.12 bits per heavy atom. The predicted octanol–water partition coefficient (Wildman–Crippen LogP) is 4.48. The maximum absolute atomic E-state index is 9.07. The number of benzene rings is 2. The standard InChI is InChI=1S/C21H19N5/c1-14-10-20(26-15(2)11-17-7-3-4-9-19(17)26)25-21(23-14)24-18-8-5-6-16(12-18)13-22/h3-10,12,15H,11H2,1-2H3,(H,23,24,25). The molecule has 1 aromatic heterocycles. The third-order valence-corrected chi connectivity index (χ3v) is 4.54. The van der Waals surface area contributed by atoms with Gasteiger partial charge in [0, 0.05) is 29.2 Å². The molecule has 1 N–H and O–H groups in total. The van der Waals surface area contributed by atoms with Gasteiger partial charge in [-0.3, -0.25) is 0 Å². The highest BCUT2D eigenvalue weighted by molar-refractivity contribution is 5.70. The van der Waals surface area contributed by atoms with Gasteiger partial charge in [0.05, 0.1) is 11.6 Å². The van der Waals surface area contributed by atoms with E-state index in [1.807, 2.05) is 25.1 Å². The summed E-state index contributed by atoms with van der Waals surface area (Å²) in [4.78, 5) is 11.5. The molecule has 1 aliphatic rings. The number of nitrogens with one attached hydrogen (secondary N) is 1. The smallest absolute Gasteiger partial charge is 0.229 e. The molecule has 1 aliphatic heterocycles. The molecule has 1 unspecified atom stereocenters. The summed E-state index contributed by atoms with van der Waals surface area (Å²) >= 11 is 0. The molecule has 0 spiro atoms. The van der Waals surface area contributed by atoms with Crippen molar-refractivity contribution in [1.82, 2.24) is 9.97 Å². The van der Waals surface area contributed by atoms with Gasteiger partial charge in [-0.1, -0.05) is 24.3 Å². The summed E-state index contributed by atoms with van der Waals surface area (Å²) in [7, 11) is 0. The van der Waals surface area contributed by atoms with Gasteiger partial charge in [-0.05, 0) is 50.1 Å². The minimum absolute atomic E-state index is 0.344. The van der Waals surface area contributed by atoms with Crippen LogP contribution in [0.25, 0.3) is 0 Å². The van der Waals surface area contributed by atoms with Crippen LogP contribution in [0.3, 0.4) is 0 Å². The van der Waals surface area contributed by atoms with Crippen molar-refractivity contribution in [1.29, 1.82) is 5.26 Å². The van der Waals surface area contributed by atoms with Crippen LogP contribution in [-0.2, 0) is 6.42 Å². The summed E-state index contributed by atoms with van der Waals surface area (Å²) in [5, 5.41) is 12.3. The Labute approximate surface area is 153 Å². The van der Waals surface area contributed by atoms with Gasteiger partial charge < -0.3 is 10.2 Å². The first-order valence-electron chi connectivity index (χ1n) is 8.64. The van der Waals surface area contributed by atoms with Crippen LogP contribution in [0.4, 0.5) is 23.1 Å². The summed E-state index contributed by atoms with van der Waals surface area (Å²) < 4.78 is 0. The molecule has 3 aromatic rings. The Balaban J connectivity index is 1.70. The van der Waals surface area contributed by atoms with E-state index in [1.165, 1.54) is 11.3 Å². The largest absolute Gasteiger partial charge is 0.324 e. The molecule has 2 aromatic carbocycles. The van der Waals surface area contributed by atoms with Crippen LogP contribution in [0.15, 0.2) is 54.6 Å². The SMILES string of the molecule is Cc1cc(N2c3ccccc3CC2C)nc(Nc2cccc(C#N)c2)n1. The highest BCUT2D eigenvalue weighted by Crippen LogP contribution is 2.37. The zero-order valence-corrected chi connectivity index (χ0v) is 14.8.